The monoisotopic (exact) mass is 199 g/mol. The van der Waals surface area contributed by atoms with Crippen molar-refractivity contribution in [1.82, 2.24) is 0 Å². The molecule has 0 atom stereocenters. The van der Waals surface area contributed by atoms with Crippen molar-refractivity contribution in [3.63, 3.8) is 0 Å². The highest BCUT2D eigenvalue weighted by atomic mass is 19.3. The minimum Gasteiger partial charge on any atom is -0.494 e. The fourth-order valence-electron chi connectivity index (χ4n) is 0.961. The van der Waals surface area contributed by atoms with Crippen LogP contribution in [-0.4, -0.2) is 19.2 Å². The molecular weight excluding hydrogens is 188 g/mol. The number of benzene rings is 1. The fraction of sp³-hybridized carbons (Fsp3) is 0.300. The van der Waals surface area contributed by atoms with Crippen molar-refractivity contribution in [2.45, 2.75) is 13.3 Å². The van der Waals surface area contributed by atoms with Gasteiger partial charge in [-0.15, -0.1) is 0 Å². The summed E-state index contributed by atoms with van der Waals surface area (Å²) < 4.78 is 29.3. The highest BCUT2D eigenvalue weighted by Gasteiger charge is 2.08. The van der Waals surface area contributed by atoms with Gasteiger partial charge in [0.2, 0.25) is 0 Å². The van der Waals surface area contributed by atoms with Crippen LogP contribution in [0.15, 0.2) is 29.3 Å². The van der Waals surface area contributed by atoms with Crippen LogP contribution in [0.3, 0.4) is 0 Å². The quantitative estimate of drug-likeness (QED) is 0.685. The molecular formula is C10H11F2NO. The summed E-state index contributed by atoms with van der Waals surface area (Å²) in [4.78, 5) is 3.77. The van der Waals surface area contributed by atoms with Crippen molar-refractivity contribution >= 4 is 11.4 Å². The summed E-state index contributed by atoms with van der Waals surface area (Å²) in [5.41, 5.74) is 0.210. The third-order valence-electron chi connectivity index (χ3n) is 1.70. The van der Waals surface area contributed by atoms with Gasteiger partial charge in [0.05, 0.1) is 12.8 Å². The number of para-hydroxylation sites is 2. The Morgan fingerprint density at radius 1 is 1.36 bits per heavy atom. The van der Waals surface area contributed by atoms with Crippen molar-refractivity contribution in [1.29, 1.82) is 0 Å². The van der Waals surface area contributed by atoms with Crippen molar-refractivity contribution in [2.75, 3.05) is 7.11 Å². The molecule has 0 unspecified atom stereocenters. The Balaban J connectivity index is 3.01. The Bertz CT molecular complexity index is 337. The molecule has 0 heterocycles. The first-order chi connectivity index (χ1) is 6.65. The maximum Gasteiger partial charge on any atom is 0.276 e. The molecule has 0 saturated carbocycles. The predicted octanol–water partition coefficient (Wildman–Crippen LogP) is 3.05. The number of methoxy groups -OCH3 is 1. The van der Waals surface area contributed by atoms with Crippen molar-refractivity contribution < 1.29 is 13.5 Å². The fourth-order valence-corrected chi connectivity index (χ4v) is 0.961. The van der Waals surface area contributed by atoms with Crippen LogP contribution in [0.25, 0.3) is 0 Å². The SMILES string of the molecule is COc1ccccc1N=C(C)C(F)F. The van der Waals surface area contributed by atoms with E-state index in [4.69, 9.17) is 4.74 Å². The van der Waals surface area contributed by atoms with E-state index in [9.17, 15) is 8.78 Å². The summed E-state index contributed by atoms with van der Waals surface area (Å²) >= 11 is 0. The van der Waals surface area contributed by atoms with Gasteiger partial charge in [-0.3, -0.25) is 0 Å². The first kappa shape index (κ1) is 10.6. The lowest BCUT2D eigenvalue weighted by molar-refractivity contribution is 0.225. The Labute approximate surface area is 81.2 Å². The minimum absolute atomic E-state index is 0.213. The summed E-state index contributed by atoms with van der Waals surface area (Å²) in [6.45, 7) is 1.29. The van der Waals surface area contributed by atoms with E-state index in [0.717, 1.165) is 0 Å². The Morgan fingerprint density at radius 3 is 2.57 bits per heavy atom. The van der Waals surface area contributed by atoms with Gasteiger partial charge in [0.25, 0.3) is 6.43 Å². The topological polar surface area (TPSA) is 21.6 Å². The van der Waals surface area contributed by atoms with Crippen LogP contribution in [0.2, 0.25) is 0 Å². The first-order valence-electron chi connectivity index (χ1n) is 4.11. The van der Waals surface area contributed by atoms with Gasteiger partial charge in [0.15, 0.2) is 0 Å². The zero-order chi connectivity index (χ0) is 10.6. The average Bonchev–Trinajstić information content (AvgIpc) is 2.18. The Kier molecular flexibility index (Phi) is 3.56. The molecule has 0 amide bonds. The molecule has 0 aliphatic rings. The lowest BCUT2D eigenvalue weighted by Gasteiger charge is -2.04. The molecule has 0 bridgehead atoms. The van der Waals surface area contributed by atoms with E-state index in [1.54, 1.807) is 24.3 Å². The molecule has 0 radical (unpaired) electrons. The van der Waals surface area contributed by atoms with E-state index in [2.05, 4.69) is 4.99 Å². The predicted molar refractivity (Wildman–Crippen MR) is 51.8 cm³/mol. The molecule has 0 saturated heterocycles. The van der Waals surface area contributed by atoms with E-state index >= 15 is 0 Å². The van der Waals surface area contributed by atoms with Gasteiger partial charge in [-0.2, -0.15) is 0 Å². The zero-order valence-corrected chi connectivity index (χ0v) is 8.00. The second-order valence-corrected chi connectivity index (χ2v) is 2.73. The first-order valence-corrected chi connectivity index (χ1v) is 4.11. The molecule has 1 rings (SSSR count). The lowest BCUT2D eigenvalue weighted by atomic mass is 10.3. The molecule has 76 valence electrons. The molecule has 1 aromatic carbocycles. The number of alkyl halides is 2. The number of rotatable bonds is 3. The van der Waals surface area contributed by atoms with Crippen LogP contribution in [0.5, 0.6) is 5.75 Å². The maximum atomic E-state index is 12.2. The molecule has 1 aromatic rings. The average molecular weight is 199 g/mol. The van der Waals surface area contributed by atoms with E-state index in [1.807, 2.05) is 0 Å². The highest BCUT2D eigenvalue weighted by molar-refractivity contribution is 5.88. The van der Waals surface area contributed by atoms with Crippen molar-refractivity contribution in [3.05, 3.63) is 24.3 Å². The number of hydrogen-bond acceptors (Lipinski definition) is 2. The molecule has 2 nitrogen and oxygen atoms in total. The van der Waals surface area contributed by atoms with Crippen molar-refractivity contribution in [3.8, 4) is 5.75 Å². The second-order valence-electron chi connectivity index (χ2n) is 2.73. The smallest absolute Gasteiger partial charge is 0.276 e. The number of aliphatic imine (C=N–C) groups is 1. The van der Waals surface area contributed by atoms with E-state index in [-0.39, 0.29) is 5.71 Å². The highest BCUT2D eigenvalue weighted by Crippen LogP contribution is 2.26. The van der Waals surface area contributed by atoms with Crippen LogP contribution in [0.1, 0.15) is 6.92 Å². The maximum absolute atomic E-state index is 12.2. The molecule has 0 fully saturated rings. The third-order valence-corrected chi connectivity index (χ3v) is 1.70. The van der Waals surface area contributed by atoms with Crippen LogP contribution in [0.4, 0.5) is 14.5 Å². The molecule has 0 aliphatic carbocycles. The summed E-state index contributed by atoms with van der Waals surface area (Å²) in [7, 11) is 1.48. The van der Waals surface area contributed by atoms with Crippen LogP contribution < -0.4 is 4.74 Å². The van der Waals surface area contributed by atoms with Gasteiger partial charge in [-0.1, -0.05) is 12.1 Å². The Morgan fingerprint density at radius 2 is 2.00 bits per heavy atom. The summed E-state index contributed by atoms with van der Waals surface area (Å²) in [5, 5.41) is 0. The normalized spacial score (nSPS) is 11.9. The van der Waals surface area contributed by atoms with E-state index < -0.39 is 6.43 Å². The van der Waals surface area contributed by atoms with E-state index in [1.165, 1.54) is 14.0 Å². The minimum atomic E-state index is -2.53. The van der Waals surface area contributed by atoms with Gasteiger partial charge in [0, 0.05) is 0 Å². The van der Waals surface area contributed by atoms with Crippen LogP contribution in [-0.2, 0) is 0 Å². The summed E-state index contributed by atoms with van der Waals surface area (Å²) in [5.74, 6) is 0.493. The van der Waals surface area contributed by atoms with Gasteiger partial charge >= 0.3 is 0 Å². The molecule has 0 aliphatic heterocycles. The second kappa shape index (κ2) is 4.69. The summed E-state index contributed by atoms with van der Waals surface area (Å²) in [6, 6.07) is 6.79. The lowest BCUT2D eigenvalue weighted by Crippen LogP contribution is -2.03. The number of halogens is 2. The molecule has 0 aromatic heterocycles. The zero-order valence-electron chi connectivity index (χ0n) is 8.00. The van der Waals surface area contributed by atoms with Gasteiger partial charge in [0.1, 0.15) is 11.4 Å². The Hall–Kier alpha value is -1.45. The number of ether oxygens (including phenoxy) is 1. The largest absolute Gasteiger partial charge is 0.494 e. The van der Waals surface area contributed by atoms with Crippen molar-refractivity contribution in [2.24, 2.45) is 4.99 Å². The third kappa shape index (κ3) is 2.52. The van der Waals surface area contributed by atoms with Crippen LogP contribution in [0, 0.1) is 0 Å². The standard InChI is InChI=1S/C10H11F2NO/c1-7(10(11)12)13-8-5-3-4-6-9(8)14-2/h3-6,10H,1-2H3. The van der Waals surface area contributed by atoms with E-state index in [0.29, 0.717) is 11.4 Å². The molecule has 4 heteroatoms. The summed E-state index contributed by atoms with van der Waals surface area (Å²) in [6.07, 6.45) is -2.53. The van der Waals surface area contributed by atoms with Gasteiger partial charge in [-0.05, 0) is 19.1 Å². The van der Waals surface area contributed by atoms with Gasteiger partial charge < -0.3 is 4.74 Å². The number of hydrogen-bond donors (Lipinski definition) is 0. The van der Waals surface area contributed by atoms with Gasteiger partial charge in [-0.25, -0.2) is 13.8 Å². The molecule has 0 spiro atoms. The van der Waals surface area contributed by atoms with Crippen LogP contribution >= 0.6 is 0 Å². The number of nitrogens with zero attached hydrogens (tertiary/aromatic N) is 1. The molecule has 14 heavy (non-hydrogen) atoms. The molecule has 0 N–H and O–H groups in total.